The first-order chi connectivity index (χ1) is 12.7. The molecule has 0 saturated heterocycles. The molecule has 1 rings (SSSR count). The fourth-order valence-corrected chi connectivity index (χ4v) is 4.33. The maximum Gasteiger partial charge on any atom is 0.176 e. The first-order valence-corrected chi connectivity index (χ1v) is 12.1. The number of aromatic amines is 1. The minimum Gasteiger partial charge on any atom is -0.742 e. The summed E-state index contributed by atoms with van der Waals surface area (Å²) in [5.41, 5.74) is 0. The lowest BCUT2D eigenvalue weighted by molar-refractivity contribution is -0.111. The molecule has 0 aliphatic heterocycles. The normalized spacial score (nSPS) is 11.1. The summed E-state index contributed by atoms with van der Waals surface area (Å²) in [6.45, 7) is 0. The van der Waals surface area contributed by atoms with Crippen molar-refractivity contribution in [1.29, 1.82) is 0 Å². The van der Waals surface area contributed by atoms with Crippen LogP contribution in [0.3, 0.4) is 0 Å². The number of H-pyrrole nitrogens is 1. The Balaban J connectivity index is 1.70. The maximum atomic E-state index is 10.7. The number of aryl methyl sites for hydroxylation is 1. The highest BCUT2D eigenvalue weighted by atomic mass is 32.1. The smallest absolute Gasteiger partial charge is 0.176 e. The van der Waals surface area contributed by atoms with Gasteiger partial charge in [0.15, 0.2) is 3.95 Å². The van der Waals surface area contributed by atoms with Gasteiger partial charge < -0.3 is 17.4 Å². The molecule has 0 unspecified atom stereocenters. The highest BCUT2D eigenvalue weighted by Gasteiger charge is 1.98. The third kappa shape index (κ3) is 14.8. The molecule has 26 heavy (non-hydrogen) atoms. The van der Waals surface area contributed by atoms with Gasteiger partial charge in [-0.05, 0) is 31.5 Å². The van der Waals surface area contributed by atoms with E-state index in [0.717, 1.165) is 21.8 Å². The largest absolute Gasteiger partial charge is 0.742 e. The number of carbonyl (C=O) groups is 1. The standard InChI is InChI=1S/C20H36N2OS3/c23-19(24)17-15-13-11-9-7-5-3-1-2-4-6-8-10-12-14-16-18-21-22-20(25)26-18/h1-17H2,(H,22,25)(H,23,24)/p-1. The van der Waals surface area contributed by atoms with Gasteiger partial charge in [-0.15, -0.1) is 0 Å². The zero-order valence-electron chi connectivity index (χ0n) is 16.1. The number of rotatable bonds is 18. The molecule has 6 heteroatoms. The lowest BCUT2D eigenvalue weighted by Crippen LogP contribution is -1.90. The number of unbranched alkanes of at least 4 members (excludes halogenated alkanes) is 14. The van der Waals surface area contributed by atoms with Crippen LogP contribution in [0.1, 0.15) is 108 Å². The fraction of sp³-hybridized carbons (Fsp3) is 0.850. The van der Waals surface area contributed by atoms with Gasteiger partial charge in [0, 0.05) is 11.5 Å². The van der Waals surface area contributed by atoms with E-state index in [2.05, 4.69) is 22.8 Å². The zero-order chi connectivity index (χ0) is 18.9. The second-order valence-electron chi connectivity index (χ2n) is 7.18. The van der Waals surface area contributed by atoms with E-state index in [1.807, 2.05) is 0 Å². The van der Waals surface area contributed by atoms with E-state index >= 15 is 0 Å². The lowest BCUT2D eigenvalue weighted by atomic mass is 10.0. The van der Waals surface area contributed by atoms with Crippen LogP contribution in [0.15, 0.2) is 0 Å². The Morgan fingerprint density at radius 1 is 0.808 bits per heavy atom. The van der Waals surface area contributed by atoms with Gasteiger partial charge in [0.1, 0.15) is 5.01 Å². The number of carbonyl (C=O) groups excluding carboxylic acids is 1. The van der Waals surface area contributed by atoms with Crippen molar-refractivity contribution in [2.75, 3.05) is 0 Å². The average molecular weight is 416 g/mol. The van der Waals surface area contributed by atoms with Crippen molar-refractivity contribution in [3.05, 3.63) is 8.96 Å². The molecule has 1 aromatic rings. The third-order valence-electron chi connectivity index (χ3n) is 4.75. The second kappa shape index (κ2) is 16.8. The number of nitrogens with zero attached hydrogens (tertiary/aromatic N) is 1. The van der Waals surface area contributed by atoms with E-state index in [0.29, 0.717) is 6.42 Å². The van der Waals surface area contributed by atoms with Crippen molar-refractivity contribution in [3.8, 4) is 0 Å². The molecule has 1 aromatic heterocycles. The van der Waals surface area contributed by atoms with E-state index in [1.54, 1.807) is 11.3 Å². The van der Waals surface area contributed by atoms with Crippen LogP contribution in [0.25, 0.3) is 0 Å². The lowest BCUT2D eigenvalue weighted by Gasteiger charge is -2.04. The molecule has 0 amide bonds. The summed E-state index contributed by atoms with van der Waals surface area (Å²) in [5.74, 6) is 0. The van der Waals surface area contributed by atoms with Crippen molar-refractivity contribution in [2.45, 2.75) is 109 Å². The quantitative estimate of drug-likeness (QED) is 0.158. The summed E-state index contributed by atoms with van der Waals surface area (Å²) < 4.78 is 0.793. The van der Waals surface area contributed by atoms with Crippen LogP contribution < -0.4 is 0 Å². The number of hydrogen-bond donors (Lipinski definition) is 1. The van der Waals surface area contributed by atoms with Crippen molar-refractivity contribution in [1.82, 2.24) is 10.2 Å². The van der Waals surface area contributed by atoms with Crippen molar-refractivity contribution < 1.29 is 4.79 Å². The van der Waals surface area contributed by atoms with Crippen molar-refractivity contribution >= 4 is 41.3 Å². The number of hydrogen-bond acceptors (Lipinski definition) is 5. The van der Waals surface area contributed by atoms with E-state index in [1.165, 1.54) is 89.9 Å². The summed E-state index contributed by atoms with van der Waals surface area (Å²) in [5, 5.41) is 8.12. The Morgan fingerprint density at radius 2 is 1.23 bits per heavy atom. The predicted octanol–water partition coefficient (Wildman–Crippen LogP) is 7.06. The van der Waals surface area contributed by atoms with E-state index in [9.17, 15) is 4.79 Å². The van der Waals surface area contributed by atoms with Gasteiger partial charge in [0.2, 0.25) is 0 Å². The van der Waals surface area contributed by atoms with Crippen molar-refractivity contribution in [2.24, 2.45) is 0 Å². The first-order valence-electron chi connectivity index (χ1n) is 10.4. The fourth-order valence-electron chi connectivity index (χ4n) is 3.21. The van der Waals surface area contributed by atoms with Crippen LogP contribution in [0.4, 0.5) is 0 Å². The molecule has 0 aliphatic carbocycles. The van der Waals surface area contributed by atoms with Crippen LogP contribution >= 0.6 is 23.6 Å². The van der Waals surface area contributed by atoms with Crippen LogP contribution in [0.5, 0.6) is 0 Å². The molecule has 0 bridgehead atoms. The molecule has 1 N–H and O–H groups in total. The van der Waals surface area contributed by atoms with E-state index < -0.39 is 0 Å². The van der Waals surface area contributed by atoms with Gasteiger partial charge in [-0.1, -0.05) is 94.8 Å². The molecule has 0 spiro atoms. The minimum atomic E-state index is -0.0780. The Morgan fingerprint density at radius 3 is 1.62 bits per heavy atom. The molecular weight excluding hydrogens is 380 g/mol. The maximum absolute atomic E-state index is 10.7. The van der Waals surface area contributed by atoms with E-state index in [-0.39, 0.29) is 5.12 Å². The Labute approximate surface area is 174 Å². The monoisotopic (exact) mass is 415 g/mol. The molecule has 3 nitrogen and oxygen atoms in total. The summed E-state index contributed by atoms with van der Waals surface area (Å²) in [6, 6.07) is 0. The molecule has 0 aliphatic rings. The molecule has 0 radical (unpaired) electrons. The van der Waals surface area contributed by atoms with Gasteiger partial charge in [-0.2, -0.15) is 5.10 Å². The molecule has 0 fully saturated rings. The summed E-state index contributed by atoms with van der Waals surface area (Å²) in [6.07, 6.45) is 21.4. The SMILES string of the molecule is O=C([S-])CCCCCCCCCCCCCCCCCc1n[nH]c(=S)s1. The summed E-state index contributed by atoms with van der Waals surface area (Å²) in [4.78, 5) is 10.7. The highest BCUT2D eigenvalue weighted by Crippen LogP contribution is 2.15. The molecule has 0 atom stereocenters. The number of aromatic nitrogens is 2. The van der Waals surface area contributed by atoms with Crippen LogP contribution in [0.2, 0.25) is 0 Å². The Hall–Kier alpha value is -0.330. The Bertz CT molecular complexity index is 513. The number of nitrogens with one attached hydrogen (secondary N) is 1. The predicted molar refractivity (Wildman–Crippen MR) is 117 cm³/mol. The molecule has 0 saturated carbocycles. The first kappa shape index (κ1) is 23.7. The zero-order valence-corrected chi connectivity index (χ0v) is 18.6. The third-order valence-corrected chi connectivity index (χ3v) is 6.11. The minimum absolute atomic E-state index is 0.0780. The van der Waals surface area contributed by atoms with Crippen LogP contribution in [-0.2, 0) is 23.8 Å². The second-order valence-corrected chi connectivity index (χ2v) is 9.39. The van der Waals surface area contributed by atoms with Gasteiger partial charge in [0.05, 0.1) is 0 Å². The summed E-state index contributed by atoms with van der Waals surface area (Å²) >= 11 is 11.2. The Kier molecular flexibility index (Phi) is 15.3. The average Bonchev–Trinajstić information content (AvgIpc) is 3.02. The van der Waals surface area contributed by atoms with Crippen molar-refractivity contribution in [3.63, 3.8) is 0 Å². The molecular formula is C20H35N2OS3-. The van der Waals surface area contributed by atoms with Gasteiger partial charge >= 0.3 is 0 Å². The summed E-state index contributed by atoms with van der Waals surface area (Å²) in [7, 11) is 0. The molecule has 1 heterocycles. The molecule has 0 aromatic carbocycles. The van der Waals surface area contributed by atoms with Gasteiger partial charge in [-0.25, -0.2) is 0 Å². The molecule has 150 valence electrons. The topological polar surface area (TPSA) is 45.8 Å². The van der Waals surface area contributed by atoms with Crippen LogP contribution in [0, 0.1) is 3.95 Å². The van der Waals surface area contributed by atoms with Crippen LogP contribution in [-0.4, -0.2) is 15.3 Å². The van der Waals surface area contributed by atoms with E-state index in [4.69, 9.17) is 12.2 Å². The van der Waals surface area contributed by atoms with Gasteiger partial charge in [0.25, 0.3) is 0 Å². The highest BCUT2D eigenvalue weighted by molar-refractivity contribution is 7.77. The van der Waals surface area contributed by atoms with Gasteiger partial charge in [-0.3, -0.25) is 5.10 Å².